The average molecular weight is 378 g/mol. The molecule has 2 rings (SSSR count). The van der Waals surface area contributed by atoms with E-state index in [-0.39, 0.29) is 25.4 Å². The molecule has 0 spiro atoms. The first-order valence-corrected chi connectivity index (χ1v) is 9.33. The molecule has 27 heavy (non-hydrogen) atoms. The van der Waals surface area contributed by atoms with Gasteiger partial charge in [0, 0.05) is 26.6 Å². The lowest BCUT2D eigenvalue weighted by atomic mass is 9.93. The molecule has 0 aliphatic carbocycles. The Morgan fingerprint density at radius 2 is 2.07 bits per heavy atom. The zero-order valence-electron chi connectivity index (χ0n) is 16.3. The number of aliphatic hydroxyl groups excluding tert-OH is 1. The molecule has 1 aromatic rings. The highest BCUT2D eigenvalue weighted by Crippen LogP contribution is 2.27. The number of hydrogen-bond donors (Lipinski definition) is 1. The number of carbonyl (C=O) groups is 1. The normalized spacial score (nSPS) is 24.9. The molecule has 3 unspecified atom stereocenters. The van der Waals surface area contributed by atoms with Gasteiger partial charge in [-0.1, -0.05) is 31.2 Å². The van der Waals surface area contributed by atoms with E-state index >= 15 is 0 Å². The summed E-state index contributed by atoms with van der Waals surface area (Å²) in [6.07, 6.45) is 5.88. The number of allylic oxidation sites excluding steroid dienone is 2. The fourth-order valence-corrected chi connectivity index (χ4v) is 3.28. The van der Waals surface area contributed by atoms with Gasteiger partial charge in [-0.15, -0.1) is 0 Å². The van der Waals surface area contributed by atoms with E-state index in [0.717, 1.165) is 12.0 Å². The van der Waals surface area contributed by atoms with Crippen LogP contribution in [0.4, 0.5) is 0 Å². The van der Waals surface area contributed by atoms with E-state index in [9.17, 15) is 9.90 Å². The minimum atomic E-state index is -0.451. The molecule has 0 aromatic heterocycles. The second kappa shape index (κ2) is 11.1. The first-order chi connectivity index (χ1) is 13.1. The number of ether oxygens (including phenoxy) is 4. The molecule has 6 nitrogen and oxygen atoms in total. The van der Waals surface area contributed by atoms with Crippen molar-refractivity contribution in [1.29, 1.82) is 0 Å². The Morgan fingerprint density at radius 3 is 2.78 bits per heavy atom. The van der Waals surface area contributed by atoms with Gasteiger partial charge in [0.05, 0.1) is 13.2 Å². The maximum Gasteiger partial charge on any atom is 0.342 e. The number of carbonyl (C=O) groups excluding carboxylic acids is 1. The van der Waals surface area contributed by atoms with Crippen molar-refractivity contribution in [3.05, 3.63) is 41.5 Å². The highest BCUT2D eigenvalue weighted by atomic mass is 16.7. The zero-order chi connectivity index (χ0) is 19.6. The van der Waals surface area contributed by atoms with E-state index < -0.39 is 12.1 Å². The molecule has 0 saturated heterocycles. The third-order valence-corrected chi connectivity index (χ3v) is 4.80. The molecule has 1 heterocycles. The summed E-state index contributed by atoms with van der Waals surface area (Å²) in [4.78, 5) is 12.9. The Bertz CT molecular complexity index is 627. The Kier molecular flexibility index (Phi) is 8.78. The van der Waals surface area contributed by atoms with E-state index in [1.54, 1.807) is 13.2 Å². The van der Waals surface area contributed by atoms with Gasteiger partial charge in [-0.05, 0) is 30.4 Å². The lowest BCUT2D eigenvalue weighted by Crippen LogP contribution is -2.31. The summed E-state index contributed by atoms with van der Waals surface area (Å²) in [6.45, 7) is 2.21. The van der Waals surface area contributed by atoms with Crippen molar-refractivity contribution in [3.63, 3.8) is 0 Å². The van der Waals surface area contributed by atoms with E-state index in [4.69, 9.17) is 18.9 Å². The van der Waals surface area contributed by atoms with Gasteiger partial charge in [-0.25, -0.2) is 4.79 Å². The summed E-state index contributed by atoms with van der Waals surface area (Å²) in [5.74, 6) is 0.278. The largest absolute Gasteiger partial charge is 0.496 e. The molecule has 0 radical (unpaired) electrons. The average Bonchev–Trinajstić information content (AvgIpc) is 2.67. The molecule has 1 N–H and O–H groups in total. The van der Waals surface area contributed by atoms with Gasteiger partial charge >= 0.3 is 5.97 Å². The molecule has 1 aromatic carbocycles. The molecule has 0 saturated carbocycles. The van der Waals surface area contributed by atoms with Crippen LogP contribution in [0.2, 0.25) is 0 Å². The number of cyclic esters (lactones) is 1. The first-order valence-electron chi connectivity index (χ1n) is 9.33. The van der Waals surface area contributed by atoms with Gasteiger partial charge in [-0.2, -0.15) is 0 Å². The van der Waals surface area contributed by atoms with Crippen molar-refractivity contribution in [3.8, 4) is 5.75 Å². The van der Waals surface area contributed by atoms with Crippen molar-refractivity contribution in [2.75, 3.05) is 27.6 Å². The van der Waals surface area contributed by atoms with Gasteiger partial charge < -0.3 is 24.1 Å². The fraction of sp³-hybridized carbons (Fsp3) is 0.571. The van der Waals surface area contributed by atoms with E-state index in [1.165, 1.54) is 7.11 Å². The number of fused-ring (bicyclic) bond motifs is 1. The van der Waals surface area contributed by atoms with Crippen molar-refractivity contribution in [2.24, 2.45) is 5.92 Å². The van der Waals surface area contributed by atoms with E-state index in [2.05, 4.69) is 19.1 Å². The second-order valence-corrected chi connectivity index (χ2v) is 6.77. The third kappa shape index (κ3) is 6.06. The van der Waals surface area contributed by atoms with Crippen LogP contribution >= 0.6 is 0 Å². The van der Waals surface area contributed by atoms with Crippen molar-refractivity contribution in [1.82, 2.24) is 0 Å². The predicted molar refractivity (Wildman–Crippen MR) is 102 cm³/mol. The number of rotatable bonds is 6. The Morgan fingerprint density at radius 1 is 1.26 bits per heavy atom. The smallest absolute Gasteiger partial charge is 0.342 e. The second-order valence-electron chi connectivity index (χ2n) is 6.77. The molecule has 3 atom stereocenters. The van der Waals surface area contributed by atoms with Crippen LogP contribution in [0.5, 0.6) is 5.75 Å². The molecule has 150 valence electrons. The predicted octanol–water partition coefficient (Wildman–Crippen LogP) is 3.12. The molecule has 0 fully saturated rings. The number of esters is 1. The molecule has 0 bridgehead atoms. The molecule has 6 heteroatoms. The topological polar surface area (TPSA) is 74.2 Å². The SMILES string of the molecule is COCOC1CC(CCO)OC(=O)c2c(cccc2OC)C/C=C/CC1C. The quantitative estimate of drug-likeness (QED) is 0.466. The first kappa shape index (κ1) is 21.4. The molecular weight excluding hydrogens is 348 g/mol. The van der Waals surface area contributed by atoms with Crippen LogP contribution in [-0.2, 0) is 20.6 Å². The van der Waals surface area contributed by atoms with Gasteiger partial charge in [0.15, 0.2) is 0 Å². The van der Waals surface area contributed by atoms with Crippen LogP contribution in [0.3, 0.4) is 0 Å². The van der Waals surface area contributed by atoms with Crippen LogP contribution in [0.15, 0.2) is 30.4 Å². The monoisotopic (exact) mass is 378 g/mol. The van der Waals surface area contributed by atoms with Gasteiger partial charge in [0.2, 0.25) is 0 Å². The zero-order valence-corrected chi connectivity index (χ0v) is 16.3. The van der Waals surface area contributed by atoms with Gasteiger partial charge in [0.1, 0.15) is 24.2 Å². The molecule has 0 amide bonds. The summed E-state index contributed by atoms with van der Waals surface area (Å²) in [7, 11) is 3.12. The standard InChI is InChI=1S/C21H30O6/c1-15-7-4-5-8-16-9-6-10-18(25-3)20(16)21(23)27-17(11-12-22)13-19(15)26-14-24-2/h4-6,9-10,15,17,19,22H,7-8,11-14H2,1-3H3/b5-4+. The Balaban J connectivity index is 2.34. The number of aliphatic hydroxyl groups is 1. The maximum atomic E-state index is 12.9. The van der Waals surface area contributed by atoms with Crippen LogP contribution in [0.1, 0.15) is 42.1 Å². The fourth-order valence-electron chi connectivity index (χ4n) is 3.28. The highest BCUT2D eigenvalue weighted by molar-refractivity contribution is 5.94. The number of benzene rings is 1. The molecule has 1 aliphatic rings. The molecule has 1 aliphatic heterocycles. The van der Waals surface area contributed by atoms with Crippen LogP contribution in [0.25, 0.3) is 0 Å². The Labute approximate surface area is 161 Å². The Hall–Kier alpha value is -1.89. The third-order valence-electron chi connectivity index (χ3n) is 4.80. The minimum absolute atomic E-state index is 0.0675. The number of hydrogen-bond acceptors (Lipinski definition) is 6. The summed E-state index contributed by atoms with van der Waals surface area (Å²) < 4.78 is 22.0. The summed E-state index contributed by atoms with van der Waals surface area (Å²) in [5, 5.41) is 9.42. The van der Waals surface area contributed by atoms with Crippen molar-refractivity contribution < 1.29 is 28.8 Å². The number of methoxy groups -OCH3 is 2. The summed E-state index contributed by atoms with van der Waals surface area (Å²) in [6, 6.07) is 5.53. The van der Waals surface area contributed by atoms with Gasteiger partial charge in [0.25, 0.3) is 0 Å². The van der Waals surface area contributed by atoms with E-state index in [0.29, 0.717) is 30.6 Å². The minimum Gasteiger partial charge on any atom is -0.496 e. The maximum absolute atomic E-state index is 12.9. The van der Waals surface area contributed by atoms with Crippen LogP contribution in [0, 0.1) is 5.92 Å². The lowest BCUT2D eigenvalue weighted by molar-refractivity contribution is -0.104. The van der Waals surface area contributed by atoms with E-state index in [1.807, 2.05) is 12.1 Å². The lowest BCUT2D eigenvalue weighted by Gasteiger charge is -2.28. The van der Waals surface area contributed by atoms with Crippen LogP contribution < -0.4 is 4.74 Å². The molecular formula is C21H30O6. The van der Waals surface area contributed by atoms with Crippen molar-refractivity contribution in [2.45, 2.75) is 44.8 Å². The van der Waals surface area contributed by atoms with Crippen molar-refractivity contribution >= 4 is 5.97 Å². The summed E-state index contributed by atoms with van der Waals surface area (Å²) in [5.41, 5.74) is 1.30. The summed E-state index contributed by atoms with van der Waals surface area (Å²) >= 11 is 0. The van der Waals surface area contributed by atoms with Crippen LogP contribution in [-0.4, -0.2) is 50.9 Å². The van der Waals surface area contributed by atoms with Gasteiger partial charge in [-0.3, -0.25) is 0 Å². The highest BCUT2D eigenvalue weighted by Gasteiger charge is 2.27.